The van der Waals surface area contributed by atoms with Crippen molar-refractivity contribution < 1.29 is 9.12 Å². The van der Waals surface area contributed by atoms with Crippen LogP contribution in [0.15, 0.2) is 69.1 Å². The number of fused-ring (bicyclic) bond motifs is 2. The Morgan fingerprint density at radius 2 is 1.77 bits per heavy atom. The van der Waals surface area contributed by atoms with E-state index in [0.29, 0.717) is 24.1 Å². The Hall–Kier alpha value is -4.08. The first-order valence-electron chi connectivity index (χ1n) is 9.49. The van der Waals surface area contributed by atoms with Gasteiger partial charge in [-0.1, -0.05) is 42.5 Å². The molecule has 9 nitrogen and oxygen atoms in total. The summed E-state index contributed by atoms with van der Waals surface area (Å²) in [6.07, 6.45) is 3.55. The van der Waals surface area contributed by atoms with E-state index in [0.717, 1.165) is 10.9 Å². The van der Waals surface area contributed by atoms with Crippen LogP contribution in [0.2, 0.25) is 0 Å². The van der Waals surface area contributed by atoms with Gasteiger partial charge in [0.2, 0.25) is 5.89 Å². The largest absolute Gasteiger partial charge is 0.437 e. The molecule has 0 aliphatic rings. The third-order valence-electron chi connectivity index (χ3n) is 5.08. The predicted octanol–water partition coefficient (Wildman–Crippen LogP) is 1.88. The highest BCUT2D eigenvalue weighted by Crippen LogP contribution is 2.16. The number of aromatic nitrogens is 6. The van der Waals surface area contributed by atoms with Crippen LogP contribution in [0.4, 0.5) is 4.70 Å². The van der Waals surface area contributed by atoms with Gasteiger partial charge in [0.25, 0.3) is 5.56 Å². The summed E-state index contributed by atoms with van der Waals surface area (Å²) in [5.74, 6) is -0.391. The number of hydrogen-bond acceptors (Lipinski definition) is 6. The van der Waals surface area contributed by atoms with Crippen molar-refractivity contribution in [1.82, 2.24) is 28.9 Å². The van der Waals surface area contributed by atoms with E-state index in [-0.39, 0.29) is 22.7 Å². The molecule has 0 unspecified atom stereocenters. The number of rotatable bonds is 5. The zero-order valence-electron chi connectivity index (χ0n) is 16.6. The van der Waals surface area contributed by atoms with Gasteiger partial charge in [0, 0.05) is 7.05 Å². The Morgan fingerprint density at radius 1 is 1.00 bits per heavy atom. The van der Waals surface area contributed by atoms with Crippen molar-refractivity contribution in [3.8, 4) is 0 Å². The number of hydrogen-bond donors (Lipinski definition) is 0. The van der Waals surface area contributed by atoms with Crippen LogP contribution in [-0.2, 0) is 26.6 Å². The molecule has 0 amide bonds. The predicted molar refractivity (Wildman–Crippen MR) is 113 cm³/mol. The molecule has 0 radical (unpaired) electrons. The SMILES string of the molecule is Cn1cnc2ncn(Cc3nn(CCc4ccc5ccccc5c4)c(=O)o3)c(=O)c21.F. The molecule has 0 aliphatic heterocycles. The molecule has 5 aromatic rings. The van der Waals surface area contributed by atoms with E-state index in [9.17, 15) is 9.59 Å². The van der Waals surface area contributed by atoms with E-state index in [1.807, 2.05) is 18.2 Å². The van der Waals surface area contributed by atoms with Gasteiger partial charge in [0.15, 0.2) is 11.2 Å². The molecule has 0 spiro atoms. The van der Waals surface area contributed by atoms with Crippen molar-refractivity contribution in [2.45, 2.75) is 19.5 Å². The molecular weight excluding hydrogens is 403 g/mol. The molecule has 0 bridgehead atoms. The molecule has 0 atom stereocenters. The average Bonchev–Trinajstić information content (AvgIpc) is 3.30. The number of aryl methyl sites for hydroxylation is 3. The van der Waals surface area contributed by atoms with Gasteiger partial charge in [0.05, 0.1) is 12.9 Å². The van der Waals surface area contributed by atoms with Crippen molar-refractivity contribution in [3.05, 3.63) is 87.5 Å². The third-order valence-corrected chi connectivity index (χ3v) is 5.08. The van der Waals surface area contributed by atoms with Crippen LogP contribution >= 0.6 is 0 Å². The fourth-order valence-electron chi connectivity index (χ4n) is 3.51. The second-order valence-electron chi connectivity index (χ2n) is 7.12. The van der Waals surface area contributed by atoms with Crippen LogP contribution in [-0.4, -0.2) is 28.9 Å². The molecule has 0 fully saturated rings. The maximum Gasteiger partial charge on any atom is 0.437 e. The Balaban J connectivity index is 0.00000231. The summed E-state index contributed by atoms with van der Waals surface area (Å²) in [5.41, 5.74) is 1.59. The molecule has 10 heteroatoms. The Morgan fingerprint density at radius 3 is 2.61 bits per heavy atom. The first-order chi connectivity index (χ1) is 14.6. The molecule has 3 aromatic heterocycles. The maximum absolute atomic E-state index is 12.6. The smallest absolute Gasteiger partial charge is 0.390 e. The van der Waals surface area contributed by atoms with Gasteiger partial charge in [-0.2, -0.15) is 4.68 Å². The van der Waals surface area contributed by atoms with Crippen LogP contribution in [0.1, 0.15) is 11.5 Å². The van der Waals surface area contributed by atoms with Crippen molar-refractivity contribution in [2.24, 2.45) is 7.05 Å². The Labute approximate surface area is 174 Å². The van der Waals surface area contributed by atoms with Gasteiger partial charge >= 0.3 is 5.76 Å². The van der Waals surface area contributed by atoms with E-state index in [1.54, 1.807) is 11.6 Å². The van der Waals surface area contributed by atoms with Crippen molar-refractivity contribution >= 4 is 21.9 Å². The average molecular weight is 422 g/mol. The summed E-state index contributed by atoms with van der Waals surface area (Å²) in [7, 11) is 1.73. The first kappa shape index (κ1) is 20.2. The van der Waals surface area contributed by atoms with E-state index in [4.69, 9.17) is 4.42 Å². The monoisotopic (exact) mass is 422 g/mol. The first-order valence-corrected chi connectivity index (χ1v) is 9.49. The maximum atomic E-state index is 12.6. The molecule has 2 aromatic carbocycles. The molecule has 5 rings (SSSR count). The molecular formula is C21H19FN6O3. The molecule has 158 valence electrons. The standard InChI is InChI=1S/C21H18N6O3.FH/c1-25-12-22-19-18(25)20(28)26(13-23-19)11-17-24-27(21(29)30-17)9-8-14-6-7-15-4-2-3-5-16(15)10-14;/h2-7,10,12-13H,8-9,11H2,1H3;1H. The van der Waals surface area contributed by atoms with Gasteiger partial charge in [-0.05, 0) is 22.8 Å². The topological polar surface area (TPSA) is 101 Å². The minimum atomic E-state index is -0.548. The Kier molecular flexibility index (Phi) is 5.20. The lowest BCUT2D eigenvalue weighted by Crippen LogP contribution is -2.22. The quantitative estimate of drug-likeness (QED) is 0.429. The Bertz CT molecular complexity index is 1500. The summed E-state index contributed by atoms with van der Waals surface area (Å²) in [6.45, 7) is 0.403. The van der Waals surface area contributed by atoms with Gasteiger partial charge in [-0.25, -0.2) is 14.8 Å². The van der Waals surface area contributed by atoms with Crippen LogP contribution in [0.5, 0.6) is 0 Å². The zero-order valence-corrected chi connectivity index (χ0v) is 16.6. The van der Waals surface area contributed by atoms with E-state index in [2.05, 4.69) is 39.3 Å². The molecule has 0 saturated heterocycles. The van der Waals surface area contributed by atoms with Crippen LogP contribution in [0.25, 0.3) is 21.9 Å². The lowest BCUT2D eigenvalue weighted by molar-refractivity contribution is 0.434. The van der Waals surface area contributed by atoms with Gasteiger partial charge in [0.1, 0.15) is 12.9 Å². The zero-order chi connectivity index (χ0) is 20.7. The normalized spacial score (nSPS) is 11.1. The van der Waals surface area contributed by atoms with Gasteiger partial charge in [-0.3, -0.25) is 14.1 Å². The van der Waals surface area contributed by atoms with E-state index in [1.165, 1.54) is 27.3 Å². The third kappa shape index (κ3) is 3.75. The van der Waals surface area contributed by atoms with Crippen LogP contribution < -0.4 is 11.3 Å². The fourth-order valence-corrected chi connectivity index (χ4v) is 3.51. The molecule has 31 heavy (non-hydrogen) atoms. The summed E-state index contributed by atoms with van der Waals surface area (Å²) < 4.78 is 9.49. The van der Waals surface area contributed by atoms with Crippen molar-refractivity contribution in [3.63, 3.8) is 0 Å². The number of imidazole rings is 1. The highest BCUT2D eigenvalue weighted by Gasteiger charge is 2.13. The summed E-state index contributed by atoms with van der Waals surface area (Å²) >= 11 is 0. The van der Waals surface area contributed by atoms with E-state index < -0.39 is 5.76 Å². The summed E-state index contributed by atoms with van der Waals surface area (Å²) in [4.78, 5) is 33.1. The highest BCUT2D eigenvalue weighted by atomic mass is 19.0. The van der Waals surface area contributed by atoms with Crippen molar-refractivity contribution in [2.75, 3.05) is 0 Å². The number of halogens is 1. The van der Waals surface area contributed by atoms with Crippen molar-refractivity contribution in [1.29, 1.82) is 0 Å². The van der Waals surface area contributed by atoms with Gasteiger partial charge < -0.3 is 8.98 Å². The lowest BCUT2D eigenvalue weighted by atomic mass is 10.1. The lowest BCUT2D eigenvalue weighted by Gasteiger charge is -2.03. The molecule has 3 heterocycles. The van der Waals surface area contributed by atoms with E-state index >= 15 is 0 Å². The van der Waals surface area contributed by atoms with Crippen LogP contribution in [0.3, 0.4) is 0 Å². The minimum absolute atomic E-state index is 0. The second kappa shape index (κ2) is 7.98. The highest BCUT2D eigenvalue weighted by molar-refractivity contribution is 5.82. The molecule has 0 saturated carbocycles. The molecule has 0 aliphatic carbocycles. The molecule has 0 N–H and O–H groups in total. The fraction of sp³-hybridized carbons (Fsp3) is 0.190. The van der Waals surface area contributed by atoms with Crippen LogP contribution in [0, 0.1) is 0 Å². The second-order valence-corrected chi connectivity index (χ2v) is 7.12. The van der Waals surface area contributed by atoms with Gasteiger partial charge in [-0.15, -0.1) is 5.10 Å². The summed E-state index contributed by atoms with van der Waals surface area (Å²) in [5, 5.41) is 6.57. The summed E-state index contributed by atoms with van der Waals surface area (Å²) in [6, 6.07) is 14.3. The minimum Gasteiger partial charge on any atom is -0.390 e. The number of nitrogens with zero attached hydrogens (tertiary/aromatic N) is 6. The number of benzene rings is 2.